The number of H-pyrrole nitrogens is 1. The van der Waals surface area contributed by atoms with E-state index in [2.05, 4.69) is 20.9 Å². The first kappa shape index (κ1) is 26.5. The zero-order valence-electron chi connectivity index (χ0n) is 22.3. The lowest BCUT2D eigenvalue weighted by Crippen LogP contribution is -2.31. The molecule has 1 atom stereocenters. The van der Waals surface area contributed by atoms with Crippen LogP contribution in [0.3, 0.4) is 0 Å². The number of hydrazone groups is 1. The van der Waals surface area contributed by atoms with Gasteiger partial charge in [-0.2, -0.15) is 5.10 Å². The second-order valence-corrected chi connectivity index (χ2v) is 10.6. The van der Waals surface area contributed by atoms with E-state index in [0.29, 0.717) is 29.0 Å². The molecule has 0 saturated heterocycles. The molecule has 0 spiro atoms. The lowest BCUT2D eigenvalue weighted by atomic mass is 9.92. The number of ether oxygens (including phenoxy) is 1. The number of nitrogens with one attached hydrogen (secondary N) is 1. The van der Waals surface area contributed by atoms with Gasteiger partial charge < -0.3 is 9.72 Å². The molecule has 0 aliphatic carbocycles. The van der Waals surface area contributed by atoms with Crippen LogP contribution in [-0.2, 0) is 0 Å². The number of benzene rings is 4. The molecular weight excluding hydrogens is 578 g/mol. The quantitative estimate of drug-likeness (QED) is 0.221. The van der Waals surface area contributed by atoms with Gasteiger partial charge in [0.1, 0.15) is 5.75 Å². The molecule has 202 valence electrons. The van der Waals surface area contributed by atoms with Gasteiger partial charge in [0.05, 0.1) is 24.4 Å². The van der Waals surface area contributed by atoms with Crippen molar-refractivity contribution in [1.82, 2.24) is 9.99 Å². The van der Waals surface area contributed by atoms with Crippen LogP contribution in [0.1, 0.15) is 27.9 Å². The Labute approximate surface area is 245 Å². The Bertz CT molecular complexity index is 1850. The number of carbonyl (C=O) groups excluding carboxylic acids is 1. The Kier molecular flexibility index (Phi) is 7.35. The number of hydrogen-bond donors (Lipinski definition) is 1. The van der Waals surface area contributed by atoms with Crippen molar-refractivity contribution in [2.45, 2.75) is 12.5 Å². The molecule has 41 heavy (non-hydrogen) atoms. The lowest BCUT2D eigenvalue weighted by molar-refractivity contribution is 0.0742. The normalized spacial score (nSPS) is 14.9. The zero-order valence-corrected chi connectivity index (χ0v) is 23.8. The van der Waals surface area contributed by atoms with Crippen LogP contribution in [0.15, 0.2) is 124 Å². The van der Waals surface area contributed by atoms with Crippen molar-refractivity contribution in [3.63, 3.8) is 0 Å². The highest BCUT2D eigenvalue weighted by molar-refractivity contribution is 9.10. The van der Waals surface area contributed by atoms with Crippen LogP contribution in [0, 0.1) is 0 Å². The number of methoxy groups -OCH3 is 1. The summed E-state index contributed by atoms with van der Waals surface area (Å²) in [6.07, 6.45) is 4.34. The van der Waals surface area contributed by atoms with E-state index in [1.165, 1.54) is 5.01 Å². The molecule has 0 bridgehead atoms. The van der Waals surface area contributed by atoms with E-state index in [1.807, 2.05) is 91.0 Å². The van der Waals surface area contributed by atoms with Crippen molar-refractivity contribution < 1.29 is 9.53 Å². The summed E-state index contributed by atoms with van der Waals surface area (Å²) in [5.41, 5.74) is 4.67. The summed E-state index contributed by atoms with van der Waals surface area (Å²) in [6, 6.07) is 32.1. The first-order valence-corrected chi connectivity index (χ1v) is 14.0. The van der Waals surface area contributed by atoms with Gasteiger partial charge in [-0.15, -0.1) is 0 Å². The minimum Gasteiger partial charge on any atom is -0.497 e. The summed E-state index contributed by atoms with van der Waals surface area (Å²) in [5, 5.41) is 7.20. The lowest BCUT2D eigenvalue weighted by Gasteiger charge is -2.19. The zero-order chi connectivity index (χ0) is 28.3. The van der Waals surface area contributed by atoms with Crippen LogP contribution in [0.4, 0.5) is 0 Å². The predicted molar refractivity (Wildman–Crippen MR) is 167 cm³/mol. The second-order valence-electron chi connectivity index (χ2n) is 9.73. The van der Waals surface area contributed by atoms with Gasteiger partial charge in [0, 0.05) is 32.9 Å². The average Bonchev–Trinajstić information content (AvgIpc) is 3.44. The minimum absolute atomic E-state index is 0.248. The number of halogens is 1. The second kappa shape index (κ2) is 11.4. The monoisotopic (exact) mass is 603 g/mol. The molecule has 7 heteroatoms. The average molecular weight is 605 g/mol. The number of pyridine rings is 1. The van der Waals surface area contributed by atoms with E-state index in [9.17, 15) is 9.59 Å². The van der Waals surface area contributed by atoms with Crippen LogP contribution < -0.4 is 10.3 Å². The van der Waals surface area contributed by atoms with Crippen LogP contribution in [0.25, 0.3) is 28.1 Å². The van der Waals surface area contributed by atoms with Gasteiger partial charge >= 0.3 is 0 Å². The molecular formula is C34H26BrN3O3. The molecule has 0 saturated carbocycles. The highest BCUT2D eigenvalue weighted by atomic mass is 79.9. The van der Waals surface area contributed by atoms with E-state index in [-0.39, 0.29) is 17.5 Å². The molecule has 1 aliphatic heterocycles. The third kappa shape index (κ3) is 5.36. The van der Waals surface area contributed by atoms with E-state index < -0.39 is 0 Å². The largest absolute Gasteiger partial charge is 0.497 e. The third-order valence-corrected chi connectivity index (χ3v) is 7.62. The van der Waals surface area contributed by atoms with E-state index in [4.69, 9.17) is 9.84 Å². The maximum Gasteiger partial charge on any atom is 0.274 e. The standard InChI is InChI=1S/C34H26BrN3O3/c1-41-27-17-13-24(14-18-27)34(40)38-26(16-12-22-8-4-2-5-9-22)21-30(37-38)32-31(23-10-6-3-7-11-23)28-20-25(35)15-19-29(28)36-33(32)39/h2-20,26H,21H2,1H3,(H,36,39)/b16-12-. The van der Waals surface area contributed by atoms with Crippen molar-refractivity contribution >= 4 is 44.5 Å². The van der Waals surface area contributed by atoms with E-state index in [1.54, 1.807) is 31.4 Å². The molecule has 5 aromatic rings. The highest BCUT2D eigenvalue weighted by Gasteiger charge is 2.33. The summed E-state index contributed by atoms with van der Waals surface area (Å²) in [4.78, 5) is 30.6. The number of rotatable bonds is 6. The first-order chi connectivity index (χ1) is 20.0. The van der Waals surface area contributed by atoms with Gasteiger partial charge in [0.25, 0.3) is 11.5 Å². The minimum atomic E-state index is -0.388. The van der Waals surface area contributed by atoms with E-state index in [0.717, 1.165) is 32.1 Å². The fourth-order valence-corrected chi connectivity index (χ4v) is 5.49. The van der Waals surface area contributed by atoms with Crippen molar-refractivity contribution in [1.29, 1.82) is 0 Å². The fraction of sp³-hybridized carbons (Fsp3) is 0.0882. The van der Waals surface area contributed by atoms with Gasteiger partial charge in [-0.25, -0.2) is 5.01 Å². The van der Waals surface area contributed by atoms with Crippen molar-refractivity contribution in [3.05, 3.63) is 141 Å². The number of aromatic amines is 1. The van der Waals surface area contributed by atoms with Crippen LogP contribution in [0.2, 0.25) is 0 Å². The van der Waals surface area contributed by atoms with Crippen molar-refractivity contribution in [2.75, 3.05) is 7.11 Å². The Morgan fingerprint density at radius 3 is 2.37 bits per heavy atom. The van der Waals surface area contributed by atoms with Crippen molar-refractivity contribution in [2.24, 2.45) is 5.10 Å². The predicted octanol–water partition coefficient (Wildman–Crippen LogP) is 7.30. The third-order valence-electron chi connectivity index (χ3n) is 7.13. The summed E-state index contributed by atoms with van der Waals surface area (Å²) < 4.78 is 6.16. The number of amides is 1. The van der Waals surface area contributed by atoms with Crippen molar-refractivity contribution in [3.8, 4) is 16.9 Å². The smallest absolute Gasteiger partial charge is 0.274 e. The number of fused-ring (bicyclic) bond motifs is 1. The van der Waals surface area contributed by atoms with E-state index >= 15 is 0 Å². The molecule has 0 fully saturated rings. The molecule has 4 aromatic carbocycles. The molecule has 6 rings (SSSR count). The molecule has 6 nitrogen and oxygen atoms in total. The molecule has 1 N–H and O–H groups in total. The fourth-order valence-electron chi connectivity index (χ4n) is 5.12. The summed E-state index contributed by atoms with van der Waals surface area (Å²) >= 11 is 3.59. The van der Waals surface area contributed by atoms with Crippen LogP contribution >= 0.6 is 15.9 Å². The number of aromatic nitrogens is 1. The SMILES string of the molecule is COc1ccc(C(=O)N2N=C(c3c(-c4ccccc4)c4cc(Br)ccc4[nH]c3=O)CC2/C=C\c2ccccc2)cc1. The maximum atomic E-state index is 13.8. The highest BCUT2D eigenvalue weighted by Crippen LogP contribution is 2.34. The molecule has 1 amide bonds. The number of carbonyl (C=O) groups is 1. The Hall–Kier alpha value is -4.75. The van der Waals surface area contributed by atoms with Crippen LogP contribution in [-0.4, -0.2) is 34.8 Å². The topological polar surface area (TPSA) is 74.8 Å². The Balaban J connectivity index is 1.50. The van der Waals surface area contributed by atoms with Gasteiger partial charge in [0.15, 0.2) is 0 Å². The van der Waals surface area contributed by atoms with Gasteiger partial charge in [-0.1, -0.05) is 88.7 Å². The first-order valence-electron chi connectivity index (χ1n) is 13.2. The molecule has 1 aromatic heterocycles. The van der Waals surface area contributed by atoms with Crippen LogP contribution in [0.5, 0.6) is 5.75 Å². The maximum absolute atomic E-state index is 13.8. The van der Waals surface area contributed by atoms with Gasteiger partial charge in [-0.3, -0.25) is 9.59 Å². The summed E-state index contributed by atoms with van der Waals surface area (Å²) in [5.74, 6) is 0.403. The Morgan fingerprint density at radius 1 is 0.951 bits per heavy atom. The number of nitrogens with zero attached hydrogens (tertiary/aromatic N) is 2. The van der Waals surface area contributed by atoms with Gasteiger partial charge in [0.2, 0.25) is 0 Å². The summed E-state index contributed by atoms with van der Waals surface area (Å²) in [6.45, 7) is 0. The molecule has 1 aliphatic rings. The molecule has 0 radical (unpaired) electrons. The Morgan fingerprint density at radius 2 is 1.66 bits per heavy atom. The number of hydrogen-bond acceptors (Lipinski definition) is 4. The molecule has 1 unspecified atom stereocenters. The van der Waals surface area contributed by atoms with Gasteiger partial charge in [-0.05, 0) is 53.6 Å². The summed E-state index contributed by atoms with van der Waals surface area (Å²) in [7, 11) is 1.59. The molecule has 2 heterocycles.